The van der Waals surface area contributed by atoms with Gasteiger partial charge in [-0.05, 0) is 26.8 Å². The molecule has 112 valence electrons. The predicted octanol–water partition coefficient (Wildman–Crippen LogP) is 1.38. The van der Waals surface area contributed by atoms with Crippen LogP contribution in [0.2, 0.25) is 0 Å². The van der Waals surface area contributed by atoms with Crippen molar-refractivity contribution in [1.29, 1.82) is 0 Å². The molecule has 0 saturated heterocycles. The van der Waals surface area contributed by atoms with E-state index in [0.717, 1.165) is 15.6 Å². The van der Waals surface area contributed by atoms with Crippen LogP contribution in [0.4, 0.5) is 5.69 Å². The van der Waals surface area contributed by atoms with Crippen molar-refractivity contribution < 1.29 is 4.79 Å². The number of carbonyl (C=O) groups is 1. The van der Waals surface area contributed by atoms with Gasteiger partial charge in [0.2, 0.25) is 5.91 Å². The van der Waals surface area contributed by atoms with Crippen LogP contribution in [-0.4, -0.2) is 15.5 Å². The van der Waals surface area contributed by atoms with Gasteiger partial charge in [0, 0.05) is 22.8 Å². The number of nitrogens with zero attached hydrogens (tertiary/aromatic N) is 2. The molecular formula is C14H18N4O2S. The predicted molar refractivity (Wildman–Crippen MR) is 83.3 cm³/mol. The minimum atomic E-state index is -0.253. The third-order valence-corrected chi connectivity index (χ3v) is 4.29. The van der Waals surface area contributed by atoms with Crippen molar-refractivity contribution in [2.45, 2.75) is 33.4 Å². The number of rotatable bonds is 4. The Morgan fingerprint density at radius 1 is 1.48 bits per heavy atom. The lowest BCUT2D eigenvalue weighted by Gasteiger charge is -2.13. The molecule has 0 saturated carbocycles. The van der Waals surface area contributed by atoms with Crippen molar-refractivity contribution in [3.05, 3.63) is 44.3 Å². The topological polar surface area (TPSA) is 90.0 Å². The number of pyridine rings is 1. The summed E-state index contributed by atoms with van der Waals surface area (Å²) in [6.45, 7) is 5.71. The maximum Gasteiger partial charge on any atom is 0.251 e. The molecule has 2 aromatic rings. The number of hydrogen-bond acceptors (Lipinski definition) is 5. The smallest absolute Gasteiger partial charge is 0.251 e. The van der Waals surface area contributed by atoms with E-state index < -0.39 is 0 Å². The number of nitrogens with two attached hydrogens (primary N) is 1. The molecule has 6 nitrogen and oxygen atoms in total. The highest BCUT2D eigenvalue weighted by atomic mass is 32.1. The van der Waals surface area contributed by atoms with Gasteiger partial charge in [0.15, 0.2) is 0 Å². The molecule has 2 aromatic heterocycles. The molecule has 0 bridgehead atoms. The summed E-state index contributed by atoms with van der Waals surface area (Å²) in [6, 6.07) is 2.73. The number of carbonyl (C=O) groups excluding carboxylic acids is 1. The molecule has 2 heterocycles. The van der Waals surface area contributed by atoms with Crippen LogP contribution in [-0.2, 0) is 11.3 Å². The molecular weight excluding hydrogens is 288 g/mol. The standard InChI is InChI=1S/C14H18N4O2S/c1-8-14(21-10(3)16-8)9(2)17-12(19)7-18-6-11(15)4-5-13(18)20/h4-6,9H,7,15H2,1-3H3,(H,17,19). The second-order valence-electron chi connectivity index (χ2n) is 4.90. The van der Waals surface area contributed by atoms with E-state index in [9.17, 15) is 9.59 Å². The molecule has 0 aliphatic heterocycles. The third-order valence-electron chi connectivity index (χ3n) is 3.03. The van der Waals surface area contributed by atoms with Crippen molar-refractivity contribution in [2.24, 2.45) is 0 Å². The number of anilines is 1. The molecule has 7 heteroatoms. The van der Waals surface area contributed by atoms with Gasteiger partial charge in [0.25, 0.3) is 5.56 Å². The molecule has 0 aliphatic rings. The van der Waals surface area contributed by atoms with Crippen LogP contribution in [0.1, 0.15) is 28.5 Å². The molecule has 2 rings (SSSR count). The van der Waals surface area contributed by atoms with Gasteiger partial charge in [-0.25, -0.2) is 4.98 Å². The quantitative estimate of drug-likeness (QED) is 0.893. The lowest BCUT2D eigenvalue weighted by molar-refractivity contribution is -0.122. The van der Waals surface area contributed by atoms with E-state index in [4.69, 9.17) is 5.73 Å². The van der Waals surface area contributed by atoms with Crippen LogP contribution >= 0.6 is 11.3 Å². The fraction of sp³-hybridized carbons (Fsp3) is 0.357. The van der Waals surface area contributed by atoms with E-state index in [0.29, 0.717) is 5.69 Å². The number of nitrogens with one attached hydrogen (secondary N) is 1. The van der Waals surface area contributed by atoms with Gasteiger partial charge in [0.1, 0.15) is 6.54 Å². The first-order chi connectivity index (χ1) is 9.86. The zero-order valence-corrected chi connectivity index (χ0v) is 13.0. The van der Waals surface area contributed by atoms with E-state index in [2.05, 4.69) is 10.3 Å². The summed E-state index contributed by atoms with van der Waals surface area (Å²) in [6.07, 6.45) is 1.47. The first kappa shape index (κ1) is 15.2. The van der Waals surface area contributed by atoms with Crippen molar-refractivity contribution >= 4 is 22.9 Å². The third kappa shape index (κ3) is 3.69. The van der Waals surface area contributed by atoms with Crippen LogP contribution in [0, 0.1) is 13.8 Å². The Bertz CT molecular complexity index is 720. The lowest BCUT2D eigenvalue weighted by atomic mass is 10.2. The van der Waals surface area contributed by atoms with E-state index in [-0.39, 0.29) is 24.1 Å². The van der Waals surface area contributed by atoms with Crippen LogP contribution in [0.3, 0.4) is 0 Å². The Kier molecular flexibility index (Phi) is 4.42. The maximum atomic E-state index is 12.1. The summed E-state index contributed by atoms with van der Waals surface area (Å²) in [5.41, 5.74) is 6.74. The van der Waals surface area contributed by atoms with Gasteiger partial charge < -0.3 is 15.6 Å². The number of aromatic nitrogens is 2. The SMILES string of the molecule is Cc1nc(C)c(C(C)NC(=O)Cn2cc(N)ccc2=O)s1. The second kappa shape index (κ2) is 6.09. The van der Waals surface area contributed by atoms with Crippen LogP contribution in [0.25, 0.3) is 0 Å². The highest BCUT2D eigenvalue weighted by molar-refractivity contribution is 7.11. The van der Waals surface area contributed by atoms with Gasteiger partial charge >= 0.3 is 0 Å². The average Bonchev–Trinajstić information content (AvgIpc) is 2.73. The number of thiazole rings is 1. The minimum Gasteiger partial charge on any atom is -0.398 e. The normalized spacial score (nSPS) is 12.1. The Hall–Kier alpha value is -2.15. The van der Waals surface area contributed by atoms with Gasteiger partial charge in [-0.1, -0.05) is 0 Å². The molecule has 1 unspecified atom stereocenters. The summed E-state index contributed by atoms with van der Waals surface area (Å²) >= 11 is 1.56. The monoisotopic (exact) mass is 306 g/mol. The summed E-state index contributed by atoms with van der Waals surface area (Å²) in [4.78, 5) is 29.1. The van der Waals surface area contributed by atoms with Crippen LogP contribution < -0.4 is 16.6 Å². The van der Waals surface area contributed by atoms with Gasteiger partial charge in [0.05, 0.1) is 16.7 Å². The van der Waals surface area contributed by atoms with E-state index in [1.165, 1.54) is 22.9 Å². The fourth-order valence-corrected chi connectivity index (χ4v) is 3.06. The molecule has 0 aromatic carbocycles. The summed E-state index contributed by atoms with van der Waals surface area (Å²) in [5.74, 6) is -0.236. The second-order valence-corrected chi connectivity index (χ2v) is 6.14. The van der Waals surface area contributed by atoms with Crippen LogP contribution in [0.15, 0.2) is 23.1 Å². The zero-order valence-electron chi connectivity index (χ0n) is 12.2. The highest BCUT2D eigenvalue weighted by Gasteiger charge is 2.15. The first-order valence-corrected chi connectivity index (χ1v) is 7.37. The van der Waals surface area contributed by atoms with Gasteiger partial charge in [-0.2, -0.15) is 0 Å². The molecule has 0 spiro atoms. The highest BCUT2D eigenvalue weighted by Crippen LogP contribution is 2.24. The van der Waals surface area contributed by atoms with Crippen molar-refractivity contribution in [2.75, 3.05) is 5.73 Å². The first-order valence-electron chi connectivity index (χ1n) is 6.56. The largest absolute Gasteiger partial charge is 0.398 e. The van der Waals surface area contributed by atoms with E-state index >= 15 is 0 Å². The summed E-state index contributed by atoms with van der Waals surface area (Å²) in [7, 11) is 0. The minimum absolute atomic E-state index is 0.0505. The molecule has 0 radical (unpaired) electrons. The Labute approximate surface area is 126 Å². The van der Waals surface area contributed by atoms with Crippen molar-refractivity contribution in [1.82, 2.24) is 14.9 Å². The van der Waals surface area contributed by atoms with E-state index in [1.54, 1.807) is 11.3 Å². The van der Waals surface area contributed by atoms with Gasteiger partial charge in [-0.15, -0.1) is 11.3 Å². The van der Waals surface area contributed by atoms with Crippen molar-refractivity contribution in [3.63, 3.8) is 0 Å². The number of hydrogen-bond donors (Lipinski definition) is 2. The Balaban J connectivity index is 2.06. The Morgan fingerprint density at radius 2 is 2.19 bits per heavy atom. The maximum absolute atomic E-state index is 12.1. The number of amides is 1. The lowest BCUT2D eigenvalue weighted by Crippen LogP contribution is -2.33. The fourth-order valence-electron chi connectivity index (χ4n) is 2.13. The number of aryl methyl sites for hydroxylation is 2. The molecule has 3 N–H and O–H groups in total. The molecule has 1 atom stereocenters. The summed E-state index contributed by atoms with van der Waals surface area (Å²) < 4.78 is 1.29. The van der Waals surface area contributed by atoms with Gasteiger partial charge in [-0.3, -0.25) is 9.59 Å². The zero-order chi connectivity index (χ0) is 15.6. The Morgan fingerprint density at radius 3 is 2.81 bits per heavy atom. The summed E-state index contributed by atoms with van der Waals surface area (Å²) in [5, 5.41) is 3.84. The van der Waals surface area contributed by atoms with E-state index in [1.807, 2.05) is 20.8 Å². The molecule has 0 fully saturated rings. The number of nitrogen functional groups attached to an aromatic ring is 1. The molecule has 1 amide bonds. The van der Waals surface area contributed by atoms with Crippen molar-refractivity contribution in [3.8, 4) is 0 Å². The molecule has 21 heavy (non-hydrogen) atoms. The molecule has 0 aliphatic carbocycles. The van der Waals surface area contributed by atoms with Crippen LogP contribution in [0.5, 0.6) is 0 Å². The average molecular weight is 306 g/mol.